The molecule has 1 fully saturated rings. The summed E-state index contributed by atoms with van der Waals surface area (Å²) in [5.74, 6) is -5.19. The minimum absolute atomic E-state index is 0.0510. The third-order valence-corrected chi connectivity index (χ3v) is 6.37. The zero-order valence-corrected chi connectivity index (χ0v) is 20.2. The van der Waals surface area contributed by atoms with Crippen LogP contribution in [0, 0.1) is 11.6 Å². The largest absolute Gasteiger partial charge is 0.497 e. The Morgan fingerprint density at radius 3 is 2.26 bits per heavy atom. The number of carbonyl (C=O) groups is 2. The molecule has 2 aromatic carbocycles. The average molecular weight is 535 g/mol. The summed E-state index contributed by atoms with van der Waals surface area (Å²) in [6, 6.07) is 6.49. The number of ether oxygens (including phenoxy) is 1. The molecule has 2 atom stereocenters. The van der Waals surface area contributed by atoms with Crippen LogP contribution in [0.4, 0.5) is 27.6 Å². The fourth-order valence-electron chi connectivity index (χ4n) is 4.42. The van der Waals surface area contributed by atoms with Gasteiger partial charge in [-0.2, -0.15) is 13.2 Å². The van der Waals surface area contributed by atoms with Crippen LogP contribution >= 0.6 is 0 Å². The number of hydrogen-bond donors (Lipinski definition) is 1. The van der Waals surface area contributed by atoms with Crippen molar-refractivity contribution in [2.45, 2.75) is 31.6 Å². The monoisotopic (exact) mass is 535 g/mol. The molecule has 1 N–H and O–H groups in total. The van der Waals surface area contributed by atoms with E-state index in [9.17, 15) is 27.6 Å². The number of carbonyl (C=O) groups excluding carboxylic acids is 2. The van der Waals surface area contributed by atoms with E-state index in [4.69, 9.17) is 4.74 Å². The molecule has 1 aromatic heterocycles. The third kappa shape index (κ3) is 4.98. The highest BCUT2D eigenvalue weighted by Crippen LogP contribution is 2.36. The second kappa shape index (κ2) is 10.3. The van der Waals surface area contributed by atoms with Crippen molar-refractivity contribution in [3.8, 4) is 5.75 Å². The number of anilines is 1. The molecule has 4 rings (SSSR count). The Bertz CT molecular complexity index is 1410. The van der Waals surface area contributed by atoms with Crippen molar-refractivity contribution in [1.82, 2.24) is 9.88 Å². The lowest BCUT2D eigenvalue weighted by Gasteiger charge is -2.20. The molecule has 1 aliphatic heterocycles. The van der Waals surface area contributed by atoms with Crippen LogP contribution in [0.25, 0.3) is 0 Å². The molecule has 38 heavy (non-hydrogen) atoms. The Kier molecular flexibility index (Phi) is 7.25. The van der Waals surface area contributed by atoms with Crippen LogP contribution in [0.2, 0.25) is 0 Å². The van der Waals surface area contributed by atoms with E-state index in [1.165, 1.54) is 30.0 Å². The number of aryl methyl sites for hydroxylation is 1. The molecule has 0 spiro atoms. The first-order chi connectivity index (χ1) is 18.0. The van der Waals surface area contributed by atoms with Crippen molar-refractivity contribution < 1.29 is 36.3 Å². The summed E-state index contributed by atoms with van der Waals surface area (Å²) < 4.78 is 75.0. The van der Waals surface area contributed by atoms with Crippen molar-refractivity contribution in [2.75, 3.05) is 18.6 Å². The molecular formula is C26H22F5N3O4. The standard InChI is InChI=1S/C26H22F5N3O4/c1-3-33-10-4-5-20(24(33)36)34-13-17(21-18(27)11-16(38-2)12-19(21)28)22(25(34)37)32-23(35)14-6-8-15(9-7-14)26(29,30)31/h4-12,17,22H,3,13H2,1-2H3,(H,32,35)/t17-,22?/m0/s1. The fraction of sp³-hybridized carbons (Fsp3) is 0.269. The summed E-state index contributed by atoms with van der Waals surface area (Å²) in [6.45, 7) is 1.67. The minimum atomic E-state index is -4.62. The molecule has 2 amide bonds. The van der Waals surface area contributed by atoms with Crippen molar-refractivity contribution >= 4 is 17.5 Å². The minimum Gasteiger partial charge on any atom is -0.497 e. The van der Waals surface area contributed by atoms with E-state index in [1.807, 2.05) is 0 Å². The second-order valence-corrected chi connectivity index (χ2v) is 8.57. The van der Waals surface area contributed by atoms with Crippen molar-refractivity contribution in [1.29, 1.82) is 0 Å². The van der Waals surface area contributed by atoms with Crippen LogP contribution < -0.4 is 20.5 Å². The first-order valence-corrected chi connectivity index (χ1v) is 11.5. The quantitative estimate of drug-likeness (QED) is 0.482. The van der Waals surface area contributed by atoms with E-state index in [2.05, 4.69) is 5.32 Å². The van der Waals surface area contributed by atoms with Crippen molar-refractivity contribution in [2.24, 2.45) is 0 Å². The van der Waals surface area contributed by atoms with E-state index in [0.717, 1.165) is 29.2 Å². The number of pyridine rings is 1. The molecule has 1 aliphatic rings. The predicted molar refractivity (Wildman–Crippen MR) is 127 cm³/mol. The van der Waals surface area contributed by atoms with Crippen LogP contribution in [-0.2, 0) is 17.5 Å². The summed E-state index contributed by atoms with van der Waals surface area (Å²) in [4.78, 5) is 40.3. The number of nitrogens with one attached hydrogen (secondary N) is 1. The Morgan fingerprint density at radius 2 is 1.71 bits per heavy atom. The summed E-state index contributed by atoms with van der Waals surface area (Å²) in [5.41, 5.74) is -2.26. The highest BCUT2D eigenvalue weighted by molar-refractivity contribution is 6.05. The van der Waals surface area contributed by atoms with E-state index in [-0.39, 0.29) is 23.5 Å². The average Bonchev–Trinajstić information content (AvgIpc) is 3.18. The maximum absolute atomic E-state index is 15.1. The number of hydrogen-bond acceptors (Lipinski definition) is 4. The maximum Gasteiger partial charge on any atom is 0.416 e. The third-order valence-electron chi connectivity index (χ3n) is 6.37. The van der Waals surface area contributed by atoms with Gasteiger partial charge >= 0.3 is 6.18 Å². The summed E-state index contributed by atoms with van der Waals surface area (Å²) >= 11 is 0. The molecule has 7 nitrogen and oxygen atoms in total. The zero-order valence-electron chi connectivity index (χ0n) is 20.2. The molecule has 0 radical (unpaired) electrons. The molecule has 0 aliphatic carbocycles. The van der Waals surface area contributed by atoms with E-state index in [1.54, 1.807) is 6.92 Å². The molecule has 200 valence electrons. The van der Waals surface area contributed by atoms with Gasteiger partial charge in [-0.3, -0.25) is 14.4 Å². The van der Waals surface area contributed by atoms with Gasteiger partial charge in [-0.1, -0.05) is 0 Å². The first-order valence-electron chi connectivity index (χ1n) is 11.5. The second-order valence-electron chi connectivity index (χ2n) is 8.57. The van der Waals surface area contributed by atoms with Gasteiger partial charge in [0.15, 0.2) is 0 Å². The van der Waals surface area contributed by atoms with Crippen LogP contribution in [0.15, 0.2) is 59.5 Å². The highest BCUT2D eigenvalue weighted by Gasteiger charge is 2.46. The number of amides is 2. The van der Waals surface area contributed by atoms with Gasteiger partial charge in [0.1, 0.15) is 29.1 Å². The Hall–Kier alpha value is -4.22. The number of benzene rings is 2. The molecule has 1 saturated heterocycles. The van der Waals surface area contributed by atoms with Crippen LogP contribution in [0.3, 0.4) is 0 Å². The smallest absolute Gasteiger partial charge is 0.416 e. The van der Waals surface area contributed by atoms with E-state index in [0.29, 0.717) is 18.7 Å². The van der Waals surface area contributed by atoms with Crippen LogP contribution in [-0.4, -0.2) is 36.1 Å². The Labute approximate surface area is 213 Å². The first kappa shape index (κ1) is 26.8. The fourth-order valence-corrected chi connectivity index (χ4v) is 4.42. The lowest BCUT2D eigenvalue weighted by Crippen LogP contribution is -2.44. The molecule has 0 saturated carbocycles. The van der Waals surface area contributed by atoms with Gasteiger partial charge in [0.05, 0.1) is 12.7 Å². The number of halogens is 5. The Morgan fingerprint density at radius 1 is 1.08 bits per heavy atom. The van der Waals surface area contributed by atoms with Gasteiger partial charge in [-0.25, -0.2) is 8.78 Å². The summed E-state index contributed by atoms with van der Waals surface area (Å²) in [7, 11) is 1.22. The molecule has 1 unspecified atom stereocenters. The molecule has 12 heteroatoms. The lowest BCUT2D eigenvalue weighted by molar-refractivity contribution is -0.137. The van der Waals surface area contributed by atoms with E-state index < -0.39 is 58.3 Å². The zero-order chi connectivity index (χ0) is 27.8. The van der Waals surface area contributed by atoms with Crippen molar-refractivity contribution in [3.63, 3.8) is 0 Å². The van der Waals surface area contributed by atoms with Crippen LogP contribution in [0.5, 0.6) is 5.75 Å². The lowest BCUT2D eigenvalue weighted by atomic mass is 9.92. The van der Waals surface area contributed by atoms with Gasteiger partial charge < -0.3 is 19.5 Å². The SMILES string of the molecule is CCn1cccc(N2C[C@@H](c3c(F)cc(OC)cc3F)C(NC(=O)c3ccc(C(F)(F)F)cc3)C2=O)c1=O. The number of rotatable bonds is 6. The number of methoxy groups -OCH3 is 1. The molecular weight excluding hydrogens is 513 g/mol. The highest BCUT2D eigenvalue weighted by atomic mass is 19.4. The predicted octanol–water partition coefficient (Wildman–Crippen LogP) is 4.10. The number of alkyl halides is 3. The van der Waals surface area contributed by atoms with Crippen molar-refractivity contribution in [3.05, 3.63) is 93.4 Å². The molecule has 2 heterocycles. The van der Waals surface area contributed by atoms with Gasteiger partial charge in [-0.05, 0) is 43.3 Å². The summed E-state index contributed by atoms with van der Waals surface area (Å²) in [6.07, 6.45) is -3.11. The van der Waals surface area contributed by atoms with Crippen LogP contribution in [0.1, 0.15) is 34.3 Å². The molecule has 0 bridgehead atoms. The normalized spacial score (nSPS) is 17.6. The van der Waals surface area contributed by atoms with E-state index >= 15 is 8.78 Å². The summed E-state index contributed by atoms with van der Waals surface area (Å²) in [5, 5.41) is 2.40. The van der Waals surface area contributed by atoms with Gasteiger partial charge in [0.25, 0.3) is 11.5 Å². The maximum atomic E-state index is 15.1. The van der Waals surface area contributed by atoms with Gasteiger partial charge in [-0.15, -0.1) is 0 Å². The molecule has 3 aromatic rings. The number of aromatic nitrogens is 1. The number of nitrogens with zero attached hydrogens (tertiary/aromatic N) is 2. The van der Waals surface area contributed by atoms with Gasteiger partial charge in [0, 0.05) is 48.5 Å². The Balaban J connectivity index is 1.74. The topological polar surface area (TPSA) is 80.6 Å². The van der Waals surface area contributed by atoms with Gasteiger partial charge in [0.2, 0.25) is 5.91 Å².